The van der Waals surface area contributed by atoms with Crippen LogP contribution in [0.25, 0.3) is 0 Å². The number of hydrogen-bond acceptors (Lipinski definition) is 3. The maximum atomic E-state index is 13.2. The number of rotatable bonds is 5. The van der Waals surface area contributed by atoms with Crippen molar-refractivity contribution in [2.24, 2.45) is 0 Å². The number of hydrogen-bond donors (Lipinski definition) is 2. The minimum absolute atomic E-state index is 0.0737. The van der Waals surface area contributed by atoms with Crippen LogP contribution in [0.15, 0.2) is 47.3 Å². The summed E-state index contributed by atoms with van der Waals surface area (Å²) in [5.41, 5.74) is 1.35. The molecular formula is C20H23FN4O3. The van der Waals surface area contributed by atoms with Gasteiger partial charge in [-0.3, -0.25) is 9.59 Å². The number of urea groups is 1. The van der Waals surface area contributed by atoms with Crippen LogP contribution in [0.5, 0.6) is 0 Å². The lowest BCUT2D eigenvalue weighted by molar-refractivity contribution is -0.127. The van der Waals surface area contributed by atoms with Gasteiger partial charge in [0.25, 0.3) is 5.56 Å². The number of benzene rings is 1. The zero-order valence-electron chi connectivity index (χ0n) is 15.7. The van der Waals surface area contributed by atoms with Crippen molar-refractivity contribution >= 4 is 11.9 Å². The zero-order chi connectivity index (χ0) is 20.1. The Hall–Kier alpha value is -3.16. The third-order valence-electron chi connectivity index (χ3n) is 4.76. The molecule has 8 heteroatoms. The molecule has 1 aliphatic heterocycles. The van der Waals surface area contributed by atoms with Gasteiger partial charge in [-0.1, -0.05) is 18.2 Å². The molecule has 0 bridgehead atoms. The Morgan fingerprint density at radius 1 is 1.21 bits per heavy atom. The van der Waals surface area contributed by atoms with Gasteiger partial charge in [0, 0.05) is 37.9 Å². The van der Waals surface area contributed by atoms with Gasteiger partial charge >= 0.3 is 6.03 Å². The van der Waals surface area contributed by atoms with Gasteiger partial charge in [-0.05, 0) is 37.1 Å². The number of pyridine rings is 1. The first kappa shape index (κ1) is 19.6. The highest BCUT2D eigenvalue weighted by Gasteiger charge is 2.34. The van der Waals surface area contributed by atoms with Crippen molar-refractivity contribution < 1.29 is 14.0 Å². The first-order chi connectivity index (χ1) is 13.5. The van der Waals surface area contributed by atoms with Crippen LogP contribution in [-0.2, 0) is 11.3 Å². The van der Waals surface area contributed by atoms with Crippen LogP contribution in [0, 0.1) is 12.7 Å². The predicted octanol–water partition coefficient (Wildman–Crippen LogP) is 1.57. The van der Waals surface area contributed by atoms with Gasteiger partial charge in [0.2, 0.25) is 5.91 Å². The number of halogens is 1. The number of aromatic nitrogens is 1. The zero-order valence-corrected chi connectivity index (χ0v) is 15.7. The van der Waals surface area contributed by atoms with Crippen molar-refractivity contribution in [1.29, 1.82) is 0 Å². The molecule has 1 saturated heterocycles. The number of nitrogens with one attached hydrogen (secondary N) is 2. The fourth-order valence-corrected chi connectivity index (χ4v) is 3.31. The molecule has 2 N–H and O–H groups in total. The average molecular weight is 386 g/mol. The topological polar surface area (TPSA) is 83.4 Å². The second-order valence-corrected chi connectivity index (χ2v) is 6.68. The highest BCUT2D eigenvalue weighted by molar-refractivity contribution is 5.89. The van der Waals surface area contributed by atoms with E-state index < -0.39 is 11.9 Å². The van der Waals surface area contributed by atoms with Gasteiger partial charge in [0.15, 0.2) is 0 Å². The van der Waals surface area contributed by atoms with Crippen LogP contribution in [0.3, 0.4) is 0 Å². The molecule has 0 spiro atoms. The first-order valence-corrected chi connectivity index (χ1v) is 9.21. The molecule has 0 radical (unpaired) electrons. The Kier molecular flexibility index (Phi) is 6.08. The maximum Gasteiger partial charge on any atom is 0.318 e. The van der Waals surface area contributed by atoms with E-state index in [0.29, 0.717) is 38.2 Å². The number of nitrogens with zero attached hydrogens (tertiary/aromatic N) is 2. The van der Waals surface area contributed by atoms with E-state index in [-0.39, 0.29) is 17.5 Å². The van der Waals surface area contributed by atoms with Crippen molar-refractivity contribution in [3.05, 3.63) is 69.9 Å². The summed E-state index contributed by atoms with van der Waals surface area (Å²) in [4.78, 5) is 38.3. The molecule has 3 rings (SSSR count). The summed E-state index contributed by atoms with van der Waals surface area (Å²) in [6.07, 6.45) is 0.581. The lowest BCUT2D eigenvalue weighted by atomic mass is 10.0. The minimum atomic E-state index is -0.798. The van der Waals surface area contributed by atoms with Crippen LogP contribution in [0.2, 0.25) is 0 Å². The van der Waals surface area contributed by atoms with Crippen LogP contribution in [0.4, 0.5) is 9.18 Å². The lowest BCUT2D eigenvalue weighted by Crippen LogP contribution is -2.55. The molecule has 0 aliphatic carbocycles. The predicted molar refractivity (Wildman–Crippen MR) is 102 cm³/mol. The number of carbonyl (C=O) groups excluding carboxylic acids is 2. The summed E-state index contributed by atoms with van der Waals surface area (Å²) in [6.45, 7) is 3.45. The van der Waals surface area contributed by atoms with E-state index in [4.69, 9.17) is 0 Å². The van der Waals surface area contributed by atoms with Gasteiger partial charge in [0.1, 0.15) is 11.9 Å². The van der Waals surface area contributed by atoms with E-state index in [1.54, 1.807) is 10.6 Å². The van der Waals surface area contributed by atoms with E-state index in [2.05, 4.69) is 10.6 Å². The van der Waals surface area contributed by atoms with Crippen LogP contribution in [0.1, 0.15) is 23.7 Å². The number of amides is 3. The molecule has 1 fully saturated rings. The molecule has 3 amide bonds. The maximum absolute atomic E-state index is 13.2. The molecule has 7 nitrogen and oxygen atoms in total. The smallest absolute Gasteiger partial charge is 0.318 e. The normalized spacial score (nSPS) is 16.6. The summed E-state index contributed by atoms with van der Waals surface area (Å²) in [5.74, 6) is -0.693. The lowest BCUT2D eigenvalue weighted by Gasteiger charge is -2.35. The summed E-state index contributed by atoms with van der Waals surface area (Å²) >= 11 is 0. The highest BCUT2D eigenvalue weighted by Crippen LogP contribution is 2.23. The van der Waals surface area contributed by atoms with Crippen LogP contribution in [-0.4, -0.2) is 41.0 Å². The summed E-state index contributed by atoms with van der Waals surface area (Å²) in [6, 6.07) is 9.48. The SMILES string of the molecule is Cc1cccc(=O)n1CCCNC(=O)N1CCNC(=O)[C@H]1c1ccc(F)cc1. The third-order valence-corrected chi connectivity index (χ3v) is 4.76. The molecule has 0 unspecified atom stereocenters. The monoisotopic (exact) mass is 386 g/mol. The largest absolute Gasteiger partial charge is 0.352 e. The van der Waals surface area contributed by atoms with Crippen molar-refractivity contribution in [1.82, 2.24) is 20.1 Å². The molecule has 1 aromatic carbocycles. The molecular weight excluding hydrogens is 363 g/mol. The van der Waals surface area contributed by atoms with E-state index >= 15 is 0 Å². The Bertz CT molecular complexity index is 910. The number of carbonyl (C=O) groups is 2. The van der Waals surface area contributed by atoms with Gasteiger partial charge in [0.05, 0.1) is 0 Å². The van der Waals surface area contributed by atoms with E-state index in [9.17, 15) is 18.8 Å². The molecule has 2 aromatic rings. The first-order valence-electron chi connectivity index (χ1n) is 9.21. The van der Waals surface area contributed by atoms with Gasteiger partial charge < -0.3 is 20.1 Å². The molecule has 28 heavy (non-hydrogen) atoms. The fourth-order valence-electron chi connectivity index (χ4n) is 3.31. The second-order valence-electron chi connectivity index (χ2n) is 6.68. The van der Waals surface area contributed by atoms with Crippen LogP contribution >= 0.6 is 0 Å². The molecule has 1 aromatic heterocycles. The molecule has 0 saturated carbocycles. The van der Waals surface area contributed by atoms with E-state index in [1.807, 2.05) is 13.0 Å². The highest BCUT2D eigenvalue weighted by atomic mass is 19.1. The number of aryl methyl sites for hydroxylation is 1. The van der Waals surface area contributed by atoms with Gasteiger partial charge in [-0.15, -0.1) is 0 Å². The Labute approximate surface area is 162 Å². The summed E-state index contributed by atoms with van der Waals surface area (Å²) < 4.78 is 14.8. The van der Waals surface area contributed by atoms with E-state index in [0.717, 1.165) is 5.69 Å². The quantitative estimate of drug-likeness (QED) is 0.765. The van der Waals surface area contributed by atoms with Gasteiger partial charge in [-0.2, -0.15) is 0 Å². The van der Waals surface area contributed by atoms with Gasteiger partial charge in [-0.25, -0.2) is 9.18 Å². The second kappa shape index (κ2) is 8.69. The van der Waals surface area contributed by atoms with E-state index in [1.165, 1.54) is 35.2 Å². The molecule has 1 atom stereocenters. The van der Waals surface area contributed by atoms with Crippen molar-refractivity contribution in [3.63, 3.8) is 0 Å². The summed E-state index contributed by atoms with van der Waals surface area (Å²) in [7, 11) is 0. The average Bonchev–Trinajstić information content (AvgIpc) is 2.67. The Balaban J connectivity index is 1.61. The standard InChI is InChI=1S/C20H23FN4O3/c1-14-4-2-5-17(26)24(14)12-3-10-23-20(28)25-13-11-22-19(27)18(25)15-6-8-16(21)9-7-15/h2,4-9,18H,3,10-13H2,1H3,(H,22,27)(H,23,28)/t18-/m1/s1. The minimum Gasteiger partial charge on any atom is -0.352 e. The summed E-state index contributed by atoms with van der Waals surface area (Å²) in [5, 5.41) is 5.55. The number of piperazine rings is 1. The van der Waals surface area contributed by atoms with Crippen LogP contribution < -0.4 is 16.2 Å². The molecule has 148 valence electrons. The third kappa shape index (κ3) is 4.39. The fraction of sp³-hybridized carbons (Fsp3) is 0.350. The van der Waals surface area contributed by atoms with Crippen molar-refractivity contribution in [2.75, 3.05) is 19.6 Å². The molecule has 2 heterocycles. The Morgan fingerprint density at radius 3 is 2.68 bits per heavy atom. The van der Waals surface area contributed by atoms with Crippen molar-refractivity contribution in [2.45, 2.75) is 25.9 Å². The van der Waals surface area contributed by atoms with Crippen molar-refractivity contribution in [3.8, 4) is 0 Å². The Morgan fingerprint density at radius 2 is 1.96 bits per heavy atom. The molecule has 1 aliphatic rings.